The van der Waals surface area contributed by atoms with Crippen molar-refractivity contribution in [3.8, 4) is 0 Å². The number of carboxylic acid groups (broad SMARTS) is 1. The van der Waals surface area contributed by atoms with Crippen molar-refractivity contribution in [2.24, 2.45) is 0 Å². The van der Waals surface area contributed by atoms with Gasteiger partial charge in [-0.25, -0.2) is 0 Å². The number of thioether (sulfide) groups is 1. The Hall–Kier alpha value is -1.49. The maximum absolute atomic E-state index is 12.3. The summed E-state index contributed by atoms with van der Waals surface area (Å²) in [4.78, 5) is 24.7. The number of benzene rings is 1. The molecule has 1 aromatic carbocycles. The highest BCUT2D eigenvalue weighted by Gasteiger charge is 2.28. The number of carboxylic acids is 1. The predicted octanol–water partition coefficient (Wildman–Crippen LogP) is 2.17. The average molecular weight is 293 g/mol. The minimum absolute atomic E-state index is 0.0209. The Kier molecular flexibility index (Phi) is 5.06. The van der Waals surface area contributed by atoms with Crippen molar-refractivity contribution in [2.45, 2.75) is 32.4 Å². The second-order valence-electron chi connectivity index (χ2n) is 4.94. The van der Waals surface area contributed by atoms with Gasteiger partial charge in [0.05, 0.1) is 11.5 Å². The van der Waals surface area contributed by atoms with Crippen LogP contribution in [0.1, 0.15) is 24.5 Å². The number of nitrogens with zero attached hydrogens (tertiary/aromatic N) is 1. The fraction of sp³-hybridized carbons (Fsp3) is 0.467. The SMILES string of the molecule is CCC1Cc2ccccc2CN1C(=O)CSCC(=O)O. The van der Waals surface area contributed by atoms with Crippen LogP contribution in [0.4, 0.5) is 0 Å². The summed E-state index contributed by atoms with van der Waals surface area (Å²) < 4.78 is 0. The minimum atomic E-state index is -0.876. The maximum atomic E-state index is 12.3. The molecule has 2 rings (SSSR count). The third-order valence-electron chi connectivity index (χ3n) is 3.60. The fourth-order valence-corrected chi connectivity index (χ4v) is 3.17. The summed E-state index contributed by atoms with van der Waals surface area (Å²) in [7, 11) is 0. The second-order valence-corrected chi connectivity index (χ2v) is 5.93. The first kappa shape index (κ1) is 14.9. The van der Waals surface area contributed by atoms with Gasteiger partial charge >= 0.3 is 5.97 Å². The molecule has 0 saturated heterocycles. The predicted molar refractivity (Wildman–Crippen MR) is 79.7 cm³/mol. The van der Waals surface area contributed by atoms with Crippen molar-refractivity contribution in [3.63, 3.8) is 0 Å². The first-order chi connectivity index (χ1) is 9.61. The van der Waals surface area contributed by atoms with Crippen molar-refractivity contribution in [1.82, 2.24) is 4.90 Å². The summed E-state index contributed by atoms with van der Waals surface area (Å²) in [5.74, 6) is -0.616. The summed E-state index contributed by atoms with van der Waals surface area (Å²) in [6, 6.07) is 8.44. The monoisotopic (exact) mass is 293 g/mol. The molecule has 1 N–H and O–H groups in total. The Bertz CT molecular complexity index is 504. The van der Waals surface area contributed by atoms with Gasteiger partial charge in [-0.15, -0.1) is 11.8 Å². The lowest BCUT2D eigenvalue weighted by Gasteiger charge is -2.36. The van der Waals surface area contributed by atoms with Gasteiger partial charge in [0, 0.05) is 12.6 Å². The maximum Gasteiger partial charge on any atom is 0.313 e. The highest BCUT2D eigenvalue weighted by Crippen LogP contribution is 2.25. The lowest BCUT2D eigenvalue weighted by molar-refractivity contribution is -0.134. The Morgan fingerprint density at radius 1 is 1.30 bits per heavy atom. The van der Waals surface area contributed by atoms with Gasteiger partial charge in [0.2, 0.25) is 5.91 Å². The second kappa shape index (κ2) is 6.79. The zero-order valence-corrected chi connectivity index (χ0v) is 12.4. The molecule has 1 aromatic rings. The van der Waals surface area contributed by atoms with Gasteiger partial charge in [-0.1, -0.05) is 31.2 Å². The molecule has 4 nitrogen and oxygen atoms in total. The molecule has 108 valence electrons. The summed E-state index contributed by atoms with van der Waals surface area (Å²) in [5, 5.41) is 8.62. The quantitative estimate of drug-likeness (QED) is 0.904. The smallest absolute Gasteiger partial charge is 0.313 e. The van der Waals surface area contributed by atoms with Gasteiger partial charge < -0.3 is 10.0 Å². The topological polar surface area (TPSA) is 57.6 Å². The molecular formula is C15H19NO3S. The zero-order chi connectivity index (χ0) is 14.5. The van der Waals surface area contributed by atoms with Crippen LogP contribution in [0.3, 0.4) is 0 Å². The molecule has 0 aliphatic carbocycles. The highest BCUT2D eigenvalue weighted by atomic mass is 32.2. The standard InChI is InChI=1S/C15H19NO3S/c1-2-13-7-11-5-3-4-6-12(11)8-16(13)14(17)9-20-10-15(18)19/h3-6,13H,2,7-10H2,1H3,(H,18,19). The highest BCUT2D eigenvalue weighted by molar-refractivity contribution is 8.00. The van der Waals surface area contributed by atoms with E-state index in [1.54, 1.807) is 0 Å². The van der Waals surface area contributed by atoms with Crippen molar-refractivity contribution in [1.29, 1.82) is 0 Å². The molecule has 0 bridgehead atoms. The number of hydrogen-bond donors (Lipinski definition) is 1. The van der Waals surface area contributed by atoms with Crippen LogP contribution in [0.15, 0.2) is 24.3 Å². The van der Waals surface area contributed by atoms with Gasteiger partial charge in [0.1, 0.15) is 0 Å². The summed E-state index contributed by atoms with van der Waals surface area (Å²) in [6.45, 7) is 2.73. The third kappa shape index (κ3) is 3.54. The first-order valence-corrected chi connectivity index (χ1v) is 7.93. The van der Waals surface area contributed by atoms with E-state index in [0.717, 1.165) is 12.8 Å². The number of carbonyl (C=O) groups excluding carboxylic acids is 1. The van der Waals surface area contributed by atoms with E-state index in [9.17, 15) is 9.59 Å². The number of fused-ring (bicyclic) bond motifs is 1. The lowest BCUT2D eigenvalue weighted by atomic mass is 9.93. The van der Waals surface area contributed by atoms with Crippen molar-refractivity contribution in [3.05, 3.63) is 35.4 Å². The van der Waals surface area contributed by atoms with Crippen LogP contribution in [0.5, 0.6) is 0 Å². The van der Waals surface area contributed by atoms with Crippen LogP contribution in [-0.2, 0) is 22.6 Å². The molecule has 1 unspecified atom stereocenters. The molecule has 5 heteroatoms. The normalized spacial score (nSPS) is 17.6. The van der Waals surface area contributed by atoms with Gasteiger partial charge in [0.25, 0.3) is 0 Å². The van der Waals surface area contributed by atoms with Gasteiger partial charge in [-0.3, -0.25) is 9.59 Å². The Labute approximate surface area is 123 Å². The van der Waals surface area contributed by atoms with Crippen LogP contribution in [0.25, 0.3) is 0 Å². The van der Waals surface area contributed by atoms with Gasteiger partial charge in [0.15, 0.2) is 0 Å². The van der Waals surface area contributed by atoms with Crippen molar-refractivity contribution in [2.75, 3.05) is 11.5 Å². The number of rotatable bonds is 5. The number of aliphatic carboxylic acids is 1. The molecule has 1 aliphatic heterocycles. The summed E-state index contributed by atoms with van der Waals surface area (Å²) in [6.07, 6.45) is 1.81. The van der Waals surface area contributed by atoms with Crippen molar-refractivity contribution >= 4 is 23.6 Å². The number of hydrogen-bond acceptors (Lipinski definition) is 3. The average Bonchev–Trinajstić information content (AvgIpc) is 2.45. The summed E-state index contributed by atoms with van der Waals surface area (Å²) in [5.41, 5.74) is 2.52. The van der Waals surface area contributed by atoms with E-state index >= 15 is 0 Å². The van der Waals surface area contributed by atoms with Crippen LogP contribution in [0.2, 0.25) is 0 Å². The fourth-order valence-electron chi connectivity index (χ4n) is 2.55. The van der Waals surface area contributed by atoms with E-state index < -0.39 is 5.97 Å². The van der Waals surface area contributed by atoms with E-state index in [1.807, 2.05) is 17.0 Å². The molecule has 1 atom stereocenters. The Morgan fingerprint density at radius 2 is 2.00 bits per heavy atom. The number of carbonyl (C=O) groups is 2. The Morgan fingerprint density at radius 3 is 2.65 bits per heavy atom. The molecule has 20 heavy (non-hydrogen) atoms. The van der Waals surface area contributed by atoms with E-state index in [0.29, 0.717) is 6.54 Å². The molecular weight excluding hydrogens is 274 g/mol. The molecule has 0 aromatic heterocycles. The van der Waals surface area contributed by atoms with Crippen LogP contribution in [0, 0.1) is 0 Å². The van der Waals surface area contributed by atoms with E-state index in [1.165, 1.54) is 22.9 Å². The zero-order valence-electron chi connectivity index (χ0n) is 11.5. The van der Waals surface area contributed by atoms with Crippen LogP contribution >= 0.6 is 11.8 Å². The molecule has 0 spiro atoms. The largest absolute Gasteiger partial charge is 0.481 e. The lowest BCUT2D eigenvalue weighted by Crippen LogP contribution is -2.44. The van der Waals surface area contributed by atoms with Crippen LogP contribution < -0.4 is 0 Å². The molecule has 0 saturated carbocycles. The van der Waals surface area contributed by atoms with Gasteiger partial charge in [-0.2, -0.15) is 0 Å². The van der Waals surface area contributed by atoms with E-state index in [4.69, 9.17) is 5.11 Å². The van der Waals surface area contributed by atoms with Crippen molar-refractivity contribution < 1.29 is 14.7 Å². The molecule has 1 amide bonds. The van der Waals surface area contributed by atoms with E-state index in [-0.39, 0.29) is 23.5 Å². The number of amides is 1. The molecule has 0 fully saturated rings. The summed E-state index contributed by atoms with van der Waals surface area (Å²) >= 11 is 1.17. The molecule has 1 heterocycles. The Balaban J connectivity index is 2.03. The van der Waals surface area contributed by atoms with E-state index in [2.05, 4.69) is 19.1 Å². The van der Waals surface area contributed by atoms with Gasteiger partial charge in [-0.05, 0) is 24.0 Å². The first-order valence-electron chi connectivity index (χ1n) is 6.77. The molecule has 1 aliphatic rings. The van der Waals surface area contributed by atoms with Crippen LogP contribution in [-0.4, -0.2) is 39.4 Å². The molecule has 0 radical (unpaired) electrons. The third-order valence-corrected chi connectivity index (χ3v) is 4.50. The minimum Gasteiger partial charge on any atom is -0.481 e.